The van der Waals surface area contributed by atoms with E-state index in [1.807, 2.05) is 4.57 Å². The van der Waals surface area contributed by atoms with Crippen molar-refractivity contribution in [3.05, 3.63) is 57.8 Å². The second-order valence-corrected chi connectivity index (χ2v) is 5.22. The van der Waals surface area contributed by atoms with E-state index in [1.165, 1.54) is 12.1 Å². The van der Waals surface area contributed by atoms with Crippen LogP contribution in [0.4, 0.5) is 4.39 Å². The van der Waals surface area contributed by atoms with E-state index in [4.69, 9.17) is 5.73 Å². The molecule has 1 aliphatic rings. The first-order chi connectivity index (χ1) is 10.1. The lowest BCUT2D eigenvalue weighted by atomic mass is 9.95. The zero-order valence-electron chi connectivity index (χ0n) is 11.4. The molecular formula is C16H15FN2O2. The fourth-order valence-corrected chi connectivity index (χ4v) is 2.83. The van der Waals surface area contributed by atoms with Gasteiger partial charge < -0.3 is 10.3 Å². The van der Waals surface area contributed by atoms with Gasteiger partial charge in [0.15, 0.2) is 0 Å². The molecule has 5 heteroatoms. The molecule has 0 unspecified atom stereocenters. The summed E-state index contributed by atoms with van der Waals surface area (Å²) in [6, 6.07) is 5.75. The number of halogens is 1. The number of aryl methyl sites for hydroxylation is 1. The number of nitrogens with two attached hydrogens (primary N) is 1. The molecule has 0 fully saturated rings. The molecule has 0 radical (unpaired) electrons. The van der Waals surface area contributed by atoms with E-state index >= 15 is 0 Å². The van der Waals surface area contributed by atoms with Crippen molar-refractivity contribution in [3.8, 4) is 11.1 Å². The summed E-state index contributed by atoms with van der Waals surface area (Å²) >= 11 is 0. The third-order valence-corrected chi connectivity index (χ3v) is 3.85. The van der Waals surface area contributed by atoms with Crippen LogP contribution in [0.1, 0.15) is 28.9 Å². The van der Waals surface area contributed by atoms with Crippen molar-refractivity contribution in [2.24, 2.45) is 5.73 Å². The van der Waals surface area contributed by atoms with E-state index in [2.05, 4.69) is 0 Å². The molecule has 0 bridgehead atoms. The monoisotopic (exact) mass is 286 g/mol. The Hall–Kier alpha value is -2.43. The normalized spacial score (nSPS) is 13.8. The Morgan fingerprint density at radius 3 is 2.57 bits per heavy atom. The van der Waals surface area contributed by atoms with Gasteiger partial charge in [0.05, 0.1) is 0 Å². The molecule has 2 heterocycles. The predicted molar refractivity (Wildman–Crippen MR) is 77.6 cm³/mol. The highest BCUT2D eigenvalue weighted by molar-refractivity contribution is 5.94. The third kappa shape index (κ3) is 2.35. The number of amides is 1. The maximum atomic E-state index is 13.1. The molecule has 2 aromatic rings. The largest absolute Gasteiger partial charge is 0.365 e. The molecule has 0 saturated heterocycles. The molecular weight excluding hydrogens is 271 g/mol. The number of benzene rings is 1. The van der Waals surface area contributed by atoms with Crippen molar-refractivity contribution in [2.75, 3.05) is 0 Å². The van der Waals surface area contributed by atoms with Crippen LogP contribution in [0.15, 0.2) is 35.3 Å². The minimum absolute atomic E-state index is 0.0139. The SMILES string of the molecule is NC(=O)c1cn2c(c(-c3ccc(F)cc3)c1=O)CCCC2. The van der Waals surface area contributed by atoms with Gasteiger partial charge in [-0.05, 0) is 37.0 Å². The molecule has 0 atom stereocenters. The van der Waals surface area contributed by atoms with Crippen molar-refractivity contribution in [2.45, 2.75) is 25.8 Å². The van der Waals surface area contributed by atoms with Crippen LogP contribution in [0, 0.1) is 5.82 Å². The van der Waals surface area contributed by atoms with E-state index in [0.717, 1.165) is 31.5 Å². The number of hydrogen-bond donors (Lipinski definition) is 1. The number of primary amides is 1. The lowest BCUT2D eigenvalue weighted by Crippen LogP contribution is -2.28. The summed E-state index contributed by atoms with van der Waals surface area (Å²) in [6.45, 7) is 0.754. The first kappa shape index (κ1) is 13.5. The fourth-order valence-electron chi connectivity index (χ4n) is 2.83. The van der Waals surface area contributed by atoms with Crippen molar-refractivity contribution in [3.63, 3.8) is 0 Å². The second-order valence-electron chi connectivity index (χ2n) is 5.22. The van der Waals surface area contributed by atoms with Gasteiger partial charge in [-0.3, -0.25) is 9.59 Å². The van der Waals surface area contributed by atoms with Crippen molar-refractivity contribution in [1.29, 1.82) is 0 Å². The topological polar surface area (TPSA) is 65.1 Å². The number of nitrogens with zero attached hydrogens (tertiary/aromatic N) is 1. The lowest BCUT2D eigenvalue weighted by molar-refractivity contribution is 0.0998. The first-order valence-electron chi connectivity index (χ1n) is 6.90. The quantitative estimate of drug-likeness (QED) is 0.918. The Bertz CT molecular complexity index is 763. The number of carbonyl (C=O) groups excluding carboxylic acids is 1. The van der Waals surface area contributed by atoms with Gasteiger partial charge in [0.1, 0.15) is 11.4 Å². The van der Waals surface area contributed by atoms with Crippen LogP contribution in [-0.2, 0) is 13.0 Å². The molecule has 1 amide bonds. The molecule has 3 rings (SSSR count). The molecule has 0 spiro atoms. The molecule has 2 N–H and O–H groups in total. The molecule has 1 aromatic heterocycles. The van der Waals surface area contributed by atoms with Gasteiger partial charge >= 0.3 is 0 Å². The van der Waals surface area contributed by atoms with Gasteiger partial charge in [-0.25, -0.2) is 4.39 Å². The highest BCUT2D eigenvalue weighted by Gasteiger charge is 2.21. The summed E-state index contributed by atoms with van der Waals surface area (Å²) in [5, 5.41) is 0. The zero-order valence-corrected chi connectivity index (χ0v) is 11.4. The summed E-state index contributed by atoms with van der Waals surface area (Å²) in [6.07, 6.45) is 4.30. The Kier molecular flexibility index (Phi) is 3.33. The molecule has 4 nitrogen and oxygen atoms in total. The summed E-state index contributed by atoms with van der Waals surface area (Å²) < 4.78 is 15.0. The maximum absolute atomic E-state index is 13.1. The van der Waals surface area contributed by atoms with Gasteiger partial charge in [0.2, 0.25) is 5.43 Å². The average Bonchev–Trinajstić information content (AvgIpc) is 2.48. The van der Waals surface area contributed by atoms with Gasteiger partial charge in [-0.1, -0.05) is 12.1 Å². The smallest absolute Gasteiger partial charge is 0.254 e. The zero-order chi connectivity index (χ0) is 15.0. The standard InChI is InChI=1S/C16H15FN2O2/c17-11-6-4-10(5-7-11)14-13-3-1-2-8-19(13)9-12(15(14)20)16(18)21/h4-7,9H,1-3,8H2,(H2,18,21). The van der Waals surface area contributed by atoms with Gasteiger partial charge in [-0.2, -0.15) is 0 Å². The maximum Gasteiger partial charge on any atom is 0.254 e. The van der Waals surface area contributed by atoms with Crippen LogP contribution in [0.25, 0.3) is 11.1 Å². The third-order valence-electron chi connectivity index (χ3n) is 3.85. The first-order valence-corrected chi connectivity index (χ1v) is 6.90. The average molecular weight is 286 g/mol. The van der Waals surface area contributed by atoms with E-state index in [-0.39, 0.29) is 16.8 Å². The highest BCUT2D eigenvalue weighted by atomic mass is 19.1. The van der Waals surface area contributed by atoms with Crippen LogP contribution < -0.4 is 11.2 Å². The Morgan fingerprint density at radius 1 is 1.19 bits per heavy atom. The summed E-state index contributed by atoms with van der Waals surface area (Å²) in [4.78, 5) is 24.1. The van der Waals surface area contributed by atoms with E-state index < -0.39 is 5.91 Å². The Labute approximate surface area is 121 Å². The fraction of sp³-hybridized carbons (Fsp3) is 0.250. The van der Waals surface area contributed by atoms with Gasteiger partial charge in [0, 0.05) is 24.0 Å². The predicted octanol–water partition coefficient (Wildman–Crippen LogP) is 2.09. The number of rotatable bonds is 2. The van der Waals surface area contributed by atoms with E-state index in [0.29, 0.717) is 11.1 Å². The van der Waals surface area contributed by atoms with E-state index in [9.17, 15) is 14.0 Å². The molecule has 1 aromatic carbocycles. The van der Waals surface area contributed by atoms with Crippen molar-refractivity contribution in [1.82, 2.24) is 4.57 Å². The van der Waals surface area contributed by atoms with E-state index in [1.54, 1.807) is 18.3 Å². The molecule has 108 valence electrons. The number of pyridine rings is 1. The minimum Gasteiger partial charge on any atom is -0.365 e. The number of carbonyl (C=O) groups is 1. The van der Waals surface area contributed by atoms with Crippen LogP contribution in [0.2, 0.25) is 0 Å². The second kappa shape index (κ2) is 5.16. The molecule has 1 aliphatic heterocycles. The van der Waals surface area contributed by atoms with Gasteiger partial charge in [0.25, 0.3) is 5.91 Å². The van der Waals surface area contributed by atoms with Gasteiger partial charge in [-0.15, -0.1) is 0 Å². The number of aromatic nitrogens is 1. The summed E-state index contributed by atoms with van der Waals surface area (Å²) in [7, 11) is 0. The number of fused-ring (bicyclic) bond motifs is 1. The van der Waals surface area contributed by atoms with Crippen LogP contribution in [-0.4, -0.2) is 10.5 Å². The van der Waals surface area contributed by atoms with Crippen molar-refractivity contribution >= 4 is 5.91 Å². The van der Waals surface area contributed by atoms with Crippen LogP contribution in [0.3, 0.4) is 0 Å². The highest BCUT2D eigenvalue weighted by Crippen LogP contribution is 2.26. The molecule has 0 saturated carbocycles. The molecule has 21 heavy (non-hydrogen) atoms. The van der Waals surface area contributed by atoms with Crippen LogP contribution >= 0.6 is 0 Å². The lowest BCUT2D eigenvalue weighted by Gasteiger charge is -2.22. The summed E-state index contributed by atoms with van der Waals surface area (Å²) in [5.41, 5.74) is 6.90. The Balaban J connectivity index is 2.31. The van der Waals surface area contributed by atoms with Crippen molar-refractivity contribution < 1.29 is 9.18 Å². The van der Waals surface area contributed by atoms with Crippen LogP contribution in [0.5, 0.6) is 0 Å². The Morgan fingerprint density at radius 2 is 1.90 bits per heavy atom. The number of hydrogen-bond acceptors (Lipinski definition) is 2. The minimum atomic E-state index is -0.732. The molecule has 0 aliphatic carbocycles. The summed E-state index contributed by atoms with van der Waals surface area (Å²) in [5.74, 6) is -1.09.